The van der Waals surface area contributed by atoms with Gasteiger partial charge in [-0.25, -0.2) is 12.8 Å². The van der Waals surface area contributed by atoms with Crippen molar-refractivity contribution < 1.29 is 17.6 Å². The minimum Gasteiger partial charge on any atom is -0.324 e. The standard InChI is InChI=1S/C19H21FN2O3S/c1-14-13-15(20)10-11-17(14)21-19(23)18-9-5-6-12-22(18)26(24,25)16-7-3-2-4-8-16/h2-4,7-8,10-11,13,18H,5-6,9,12H2,1H3,(H,21,23). The largest absolute Gasteiger partial charge is 0.324 e. The molecule has 1 heterocycles. The molecule has 0 aliphatic carbocycles. The van der Waals surface area contributed by atoms with Crippen molar-refractivity contribution in [3.05, 3.63) is 59.9 Å². The predicted octanol–water partition coefficient (Wildman–Crippen LogP) is 3.32. The van der Waals surface area contributed by atoms with Gasteiger partial charge in [0.25, 0.3) is 0 Å². The van der Waals surface area contributed by atoms with Crippen LogP contribution in [0.1, 0.15) is 24.8 Å². The molecule has 1 aliphatic rings. The molecular formula is C19H21FN2O3S. The van der Waals surface area contributed by atoms with Crippen LogP contribution in [0.5, 0.6) is 0 Å². The molecule has 1 saturated heterocycles. The summed E-state index contributed by atoms with van der Waals surface area (Å²) in [5, 5.41) is 2.75. The molecule has 2 aromatic carbocycles. The second kappa shape index (κ2) is 7.55. The number of halogens is 1. The van der Waals surface area contributed by atoms with Gasteiger partial charge in [0.2, 0.25) is 15.9 Å². The number of carbonyl (C=O) groups is 1. The zero-order chi connectivity index (χ0) is 18.7. The van der Waals surface area contributed by atoms with Crippen molar-refractivity contribution in [3.63, 3.8) is 0 Å². The molecule has 3 rings (SSSR count). The monoisotopic (exact) mass is 376 g/mol. The number of nitrogens with zero attached hydrogens (tertiary/aromatic N) is 1. The van der Waals surface area contributed by atoms with Crippen LogP contribution in [-0.4, -0.2) is 31.2 Å². The number of hydrogen-bond donors (Lipinski definition) is 1. The van der Waals surface area contributed by atoms with Gasteiger partial charge in [-0.2, -0.15) is 4.31 Å². The molecule has 2 aromatic rings. The summed E-state index contributed by atoms with van der Waals surface area (Å²) in [6.07, 6.45) is 1.95. The Morgan fingerprint density at radius 3 is 2.58 bits per heavy atom. The number of nitrogens with one attached hydrogen (secondary N) is 1. The third-order valence-corrected chi connectivity index (χ3v) is 6.47. The number of piperidine rings is 1. The maximum absolute atomic E-state index is 13.2. The molecular weight excluding hydrogens is 355 g/mol. The SMILES string of the molecule is Cc1cc(F)ccc1NC(=O)C1CCCCN1S(=O)(=O)c1ccccc1. The van der Waals surface area contributed by atoms with Crippen LogP contribution in [0.25, 0.3) is 0 Å². The van der Waals surface area contributed by atoms with Gasteiger partial charge in [0.1, 0.15) is 11.9 Å². The van der Waals surface area contributed by atoms with E-state index < -0.39 is 16.1 Å². The van der Waals surface area contributed by atoms with E-state index in [0.717, 1.165) is 6.42 Å². The summed E-state index contributed by atoms with van der Waals surface area (Å²) in [5.41, 5.74) is 1.07. The molecule has 0 saturated carbocycles. The Balaban J connectivity index is 1.86. The number of rotatable bonds is 4. The van der Waals surface area contributed by atoms with Gasteiger partial charge in [0.15, 0.2) is 0 Å². The van der Waals surface area contributed by atoms with Crippen LogP contribution in [0, 0.1) is 12.7 Å². The quantitative estimate of drug-likeness (QED) is 0.890. The van der Waals surface area contributed by atoms with Crippen molar-refractivity contribution in [1.29, 1.82) is 0 Å². The fourth-order valence-corrected chi connectivity index (χ4v) is 4.84. The molecule has 26 heavy (non-hydrogen) atoms. The summed E-state index contributed by atoms with van der Waals surface area (Å²) in [6, 6.07) is 11.4. The Morgan fingerprint density at radius 2 is 1.88 bits per heavy atom. The van der Waals surface area contributed by atoms with Gasteiger partial charge in [0, 0.05) is 12.2 Å². The highest BCUT2D eigenvalue weighted by molar-refractivity contribution is 7.89. The predicted molar refractivity (Wildman–Crippen MR) is 97.7 cm³/mol. The van der Waals surface area contributed by atoms with Gasteiger partial charge in [-0.05, 0) is 55.7 Å². The fraction of sp³-hybridized carbons (Fsp3) is 0.316. The molecule has 7 heteroatoms. The van der Waals surface area contributed by atoms with E-state index in [2.05, 4.69) is 5.32 Å². The minimum atomic E-state index is -3.75. The number of amides is 1. The third kappa shape index (κ3) is 3.78. The van der Waals surface area contributed by atoms with Gasteiger partial charge in [0.05, 0.1) is 4.90 Å². The second-order valence-electron chi connectivity index (χ2n) is 6.39. The first-order valence-corrected chi connectivity index (χ1v) is 9.97. The molecule has 0 bridgehead atoms. The molecule has 1 amide bonds. The maximum atomic E-state index is 13.2. The Morgan fingerprint density at radius 1 is 1.15 bits per heavy atom. The molecule has 1 unspecified atom stereocenters. The van der Waals surface area contributed by atoms with E-state index in [1.165, 1.54) is 34.6 Å². The highest BCUT2D eigenvalue weighted by Crippen LogP contribution is 2.26. The third-order valence-electron chi connectivity index (χ3n) is 4.55. The van der Waals surface area contributed by atoms with Gasteiger partial charge in [-0.3, -0.25) is 4.79 Å². The molecule has 5 nitrogen and oxygen atoms in total. The van der Waals surface area contributed by atoms with Crippen LogP contribution >= 0.6 is 0 Å². The smallest absolute Gasteiger partial charge is 0.243 e. The normalized spacial score (nSPS) is 18.5. The van der Waals surface area contributed by atoms with Crippen molar-refractivity contribution in [2.24, 2.45) is 0 Å². The molecule has 0 spiro atoms. The van der Waals surface area contributed by atoms with E-state index in [-0.39, 0.29) is 16.6 Å². The van der Waals surface area contributed by atoms with E-state index >= 15 is 0 Å². The number of hydrogen-bond acceptors (Lipinski definition) is 3. The number of anilines is 1. The lowest BCUT2D eigenvalue weighted by molar-refractivity contribution is -0.120. The summed E-state index contributed by atoms with van der Waals surface area (Å²) in [6.45, 7) is 2.00. The first kappa shape index (κ1) is 18.5. The molecule has 138 valence electrons. The van der Waals surface area contributed by atoms with Gasteiger partial charge >= 0.3 is 0 Å². The van der Waals surface area contributed by atoms with E-state index in [1.54, 1.807) is 25.1 Å². The summed E-state index contributed by atoms with van der Waals surface area (Å²) >= 11 is 0. The van der Waals surface area contributed by atoms with Gasteiger partial charge < -0.3 is 5.32 Å². The van der Waals surface area contributed by atoms with Crippen LogP contribution in [0.3, 0.4) is 0 Å². The van der Waals surface area contributed by atoms with Crippen molar-refractivity contribution in [3.8, 4) is 0 Å². The Bertz CT molecular complexity index is 900. The van der Waals surface area contributed by atoms with E-state index in [0.29, 0.717) is 30.6 Å². The number of sulfonamides is 1. The highest BCUT2D eigenvalue weighted by atomic mass is 32.2. The van der Waals surface area contributed by atoms with E-state index in [4.69, 9.17) is 0 Å². The zero-order valence-electron chi connectivity index (χ0n) is 14.5. The van der Waals surface area contributed by atoms with Crippen LogP contribution in [0.4, 0.5) is 10.1 Å². The highest BCUT2D eigenvalue weighted by Gasteiger charge is 2.37. The molecule has 1 atom stereocenters. The van der Waals surface area contributed by atoms with E-state index in [1.807, 2.05) is 0 Å². The lowest BCUT2D eigenvalue weighted by Crippen LogP contribution is -2.49. The van der Waals surface area contributed by atoms with Crippen LogP contribution in [0.2, 0.25) is 0 Å². The van der Waals surface area contributed by atoms with Crippen LogP contribution < -0.4 is 5.32 Å². The van der Waals surface area contributed by atoms with Crippen molar-refractivity contribution >= 4 is 21.6 Å². The second-order valence-corrected chi connectivity index (χ2v) is 8.28. The average Bonchev–Trinajstić information content (AvgIpc) is 2.64. The number of aryl methyl sites for hydroxylation is 1. The summed E-state index contributed by atoms with van der Waals surface area (Å²) in [5.74, 6) is -0.773. The average molecular weight is 376 g/mol. The minimum absolute atomic E-state index is 0.178. The van der Waals surface area contributed by atoms with Gasteiger partial charge in [-0.15, -0.1) is 0 Å². The van der Waals surface area contributed by atoms with Crippen LogP contribution in [0.15, 0.2) is 53.4 Å². The number of carbonyl (C=O) groups excluding carboxylic acids is 1. The van der Waals surface area contributed by atoms with E-state index in [9.17, 15) is 17.6 Å². The van der Waals surface area contributed by atoms with Crippen molar-refractivity contribution in [1.82, 2.24) is 4.31 Å². The fourth-order valence-electron chi connectivity index (χ4n) is 3.17. The van der Waals surface area contributed by atoms with Gasteiger partial charge in [-0.1, -0.05) is 24.6 Å². The van der Waals surface area contributed by atoms with Crippen molar-refractivity contribution in [2.45, 2.75) is 37.1 Å². The molecule has 1 N–H and O–H groups in total. The number of benzene rings is 2. The zero-order valence-corrected chi connectivity index (χ0v) is 15.3. The molecule has 0 radical (unpaired) electrons. The lowest BCUT2D eigenvalue weighted by atomic mass is 10.0. The molecule has 1 aliphatic heterocycles. The topological polar surface area (TPSA) is 66.5 Å². The Hall–Kier alpha value is -2.25. The molecule has 0 aromatic heterocycles. The first-order valence-electron chi connectivity index (χ1n) is 8.53. The van der Waals surface area contributed by atoms with Crippen LogP contribution in [-0.2, 0) is 14.8 Å². The maximum Gasteiger partial charge on any atom is 0.243 e. The summed E-state index contributed by atoms with van der Waals surface area (Å²) in [7, 11) is -3.75. The molecule has 1 fully saturated rings. The Kier molecular flexibility index (Phi) is 5.38. The summed E-state index contributed by atoms with van der Waals surface area (Å²) in [4.78, 5) is 13.0. The Labute approximate surface area is 152 Å². The lowest BCUT2D eigenvalue weighted by Gasteiger charge is -2.33. The van der Waals surface area contributed by atoms with Crippen molar-refractivity contribution in [2.75, 3.05) is 11.9 Å². The summed E-state index contributed by atoms with van der Waals surface area (Å²) < 4.78 is 40.4. The first-order chi connectivity index (χ1) is 12.4.